The van der Waals surface area contributed by atoms with Crippen LogP contribution >= 0.6 is 0 Å². The van der Waals surface area contributed by atoms with Gasteiger partial charge >= 0.3 is 5.97 Å². The van der Waals surface area contributed by atoms with Crippen molar-refractivity contribution in [1.82, 2.24) is 15.1 Å². The van der Waals surface area contributed by atoms with Gasteiger partial charge in [0.1, 0.15) is 0 Å². The van der Waals surface area contributed by atoms with Crippen molar-refractivity contribution in [2.75, 3.05) is 19.8 Å². The van der Waals surface area contributed by atoms with Crippen molar-refractivity contribution in [3.05, 3.63) is 52.3 Å². The van der Waals surface area contributed by atoms with E-state index in [1.165, 1.54) is 5.56 Å². The molecule has 1 atom stereocenters. The number of hydrogen-bond donors (Lipinski definition) is 2. The molecule has 2 N–H and O–H groups in total. The van der Waals surface area contributed by atoms with E-state index < -0.39 is 5.97 Å². The fourth-order valence-corrected chi connectivity index (χ4v) is 3.13. The summed E-state index contributed by atoms with van der Waals surface area (Å²) in [5.41, 5.74) is 4.69. The Labute approximate surface area is 135 Å². The molecule has 1 fully saturated rings. The fourth-order valence-electron chi connectivity index (χ4n) is 3.13. The molecule has 0 aliphatic carbocycles. The van der Waals surface area contributed by atoms with Crippen LogP contribution in [0.5, 0.6) is 0 Å². The summed E-state index contributed by atoms with van der Waals surface area (Å²) in [5.74, 6) is -0.898. The zero-order valence-electron chi connectivity index (χ0n) is 13.4. The maximum absolute atomic E-state index is 10.9. The summed E-state index contributed by atoms with van der Waals surface area (Å²) in [6.45, 7) is 7.00. The smallest absolute Gasteiger partial charge is 0.335 e. The molecule has 3 rings (SSSR count). The first-order valence-electron chi connectivity index (χ1n) is 7.71. The van der Waals surface area contributed by atoms with Crippen molar-refractivity contribution < 1.29 is 14.6 Å². The normalized spacial score (nSPS) is 19.0. The van der Waals surface area contributed by atoms with Crippen LogP contribution in [0.3, 0.4) is 0 Å². The Morgan fingerprint density at radius 2 is 2.13 bits per heavy atom. The average Bonchev–Trinajstić information content (AvgIpc) is 2.87. The number of carboxylic acids is 1. The Balaban J connectivity index is 1.80. The highest BCUT2D eigenvalue weighted by molar-refractivity contribution is 5.87. The molecule has 6 nitrogen and oxygen atoms in total. The zero-order chi connectivity index (χ0) is 16.4. The van der Waals surface area contributed by atoms with Crippen LogP contribution in [0, 0.1) is 13.8 Å². The predicted molar refractivity (Wildman–Crippen MR) is 85.4 cm³/mol. The van der Waals surface area contributed by atoms with Gasteiger partial charge in [0.25, 0.3) is 0 Å². The molecule has 1 unspecified atom stereocenters. The zero-order valence-corrected chi connectivity index (χ0v) is 13.4. The van der Waals surface area contributed by atoms with Gasteiger partial charge in [-0.3, -0.25) is 10.00 Å². The Bertz CT molecular complexity index is 674. The summed E-state index contributed by atoms with van der Waals surface area (Å²) in [4.78, 5) is 13.3. The van der Waals surface area contributed by atoms with Gasteiger partial charge in [0.05, 0.1) is 30.5 Å². The van der Waals surface area contributed by atoms with Crippen LogP contribution in [0.4, 0.5) is 0 Å². The predicted octanol–water partition coefficient (Wildman–Crippen LogP) is 2.30. The highest BCUT2D eigenvalue weighted by atomic mass is 16.5. The SMILES string of the molecule is Cc1n[nH]c(C)c1C1COCCN1Cc1ccc(C(=O)O)cc1. The first kappa shape index (κ1) is 15.7. The second-order valence-corrected chi connectivity index (χ2v) is 5.91. The summed E-state index contributed by atoms with van der Waals surface area (Å²) in [5, 5.41) is 16.3. The number of aromatic carboxylic acids is 1. The molecule has 2 heterocycles. The second-order valence-electron chi connectivity index (χ2n) is 5.91. The first-order chi connectivity index (χ1) is 11.1. The van der Waals surface area contributed by atoms with Crippen LogP contribution < -0.4 is 0 Å². The van der Waals surface area contributed by atoms with Crippen LogP contribution in [-0.4, -0.2) is 45.9 Å². The maximum atomic E-state index is 10.9. The van der Waals surface area contributed by atoms with E-state index in [1.54, 1.807) is 12.1 Å². The lowest BCUT2D eigenvalue weighted by molar-refractivity contribution is -0.0131. The van der Waals surface area contributed by atoms with Crippen molar-refractivity contribution >= 4 is 5.97 Å². The standard InChI is InChI=1S/C17H21N3O3/c1-11-16(12(2)19-18-11)15-10-23-8-7-20(15)9-13-3-5-14(6-4-13)17(21)22/h3-6,15H,7-10H2,1-2H3,(H,18,19)(H,21,22). The molecule has 0 saturated carbocycles. The summed E-state index contributed by atoms with van der Waals surface area (Å²) in [7, 11) is 0. The fraction of sp³-hybridized carbons (Fsp3) is 0.412. The minimum absolute atomic E-state index is 0.168. The van der Waals surface area contributed by atoms with Crippen LogP contribution in [0.1, 0.15) is 38.9 Å². The molecule has 0 amide bonds. The number of benzene rings is 1. The van der Waals surface area contributed by atoms with Crippen molar-refractivity contribution in [1.29, 1.82) is 0 Å². The molecule has 1 saturated heterocycles. The third-order valence-corrected chi connectivity index (χ3v) is 4.34. The van der Waals surface area contributed by atoms with Crippen LogP contribution in [0.25, 0.3) is 0 Å². The second kappa shape index (κ2) is 6.52. The van der Waals surface area contributed by atoms with Gasteiger partial charge in [-0.1, -0.05) is 12.1 Å². The summed E-state index contributed by atoms with van der Waals surface area (Å²) in [6.07, 6.45) is 0. The number of carboxylic acid groups (broad SMARTS) is 1. The van der Waals surface area contributed by atoms with E-state index in [1.807, 2.05) is 26.0 Å². The lowest BCUT2D eigenvalue weighted by atomic mass is 10.0. The largest absolute Gasteiger partial charge is 0.478 e. The Hall–Kier alpha value is -2.18. The number of H-pyrrole nitrogens is 1. The molecule has 0 bridgehead atoms. The number of hydrogen-bond acceptors (Lipinski definition) is 4. The van der Waals surface area contributed by atoms with E-state index in [0.29, 0.717) is 18.8 Å². The van der Waals surface area contributed by atoms with E-state index in [9.17, 15) is 4.79 Å². The number of aromatic nitrogens is 2. The number of nitrogens with zero attached hydrogens (tertiary/aromatic N) is 2. The quantitative estimate of drug-likeness (QED) is 0.905. The number of carbonyl (C=O) groups is 1. The molecular formula is C17H21N3O3. The molecule has 122 valence electrons. The van der Waals surface area contributed by atoms with Gasteiger partial charge in [-0.25, -0.2) is 4.79 Å². The van der Waals surface area contributed by atoms with E-state index in [2.05, 4.69) is 15.1 Å². The van der Waals surface area contributed by atoms with Gasteiger partial charge in [-0.05, 0) is 31.5 Å². The van der Waals surface area contributed by atoms with Gasteiger partial charge < -0.3 is 9.84 Å². The number of nitrogens with one attached hydrogen (secondary N) is 1. The van der Waals surface area contributed by atoms with E-state index in [4.69, 9.17) is 9.84 Å². The number of rotatable bonds is 4. The van der Waals surface area contributed by atoms with Crippen molar-refractivity contribution in [2.45, 2.75) is 26.4 Å². The van der Waals surface area contributed by atoms with Crippen molar-refractivity contribution in [2.24, 2.45) is 0 Å². The molecule has 2 aromatic rings. The molecule has 1 aromatic carbocycles. The lowest BCUT2D eigenvalue weighted by Crippen LogP contribution is -2.39. The molecular weight excluding hydrogens is 294 g/mol. The molecule has 1 aromatic heterocycles. The van der Waals surface area contributed by atoms with Gasteiger partial charge in [-0.15, -0.1) is 0 Å². The minimum Gasteiger partial charge on any atom is -0.478 e. The Morgan fingerprint density at radius 1 is 1.39 bits per heavy atom. The average molecular weight is 315 g/mol. The van der Waals surface area contributed by atoms with Gasteiger partial charge in [0.2, 0.25) is 0 Å². The van der Waals surface area contributed by atoms with E-state index >= 15 is 0 Å². The first-order valence-corrected chi connectivity index (χ1v) is 7.71. The van der Waals surface area contributed by atoms with Crippen molar-refractivity contribution in [3.63, 3.8) is 0 Å². The Morgan fingerprint density at radius 3 is 2.74 bits per heavy atom. The monoisotopic (exact) mass is 315 g/mol. The van der Waals surface area contributed by atoms with Crippen LogP contribution in [0.2, 0.25) is 0 Å². The number of ether oxygens (including phenoxy) is 1. The maximum Gasteiger partial charge on any atom is 0.335 e. The van der Waals surface area contributed by atoms with Gasteiger partial charge in [0.15, 0.2) is 0 Å². The van der Waals surface area contributed by atoms with Crippen LogP contribution in [0.15, 0.2) is 24.3 Å². The Kier molecular flexibility index (Phi) is 4.45. The molecule has 1 aliphatic heterocycles. The summed E-state index contributed by atoms with van der Waals surface area (Å²) >= 11 is 0. The van der Waals surface area contributed by atoms with Crippen LogP contribution in [-0.2, 0) is 11.3 Å². The number of aryl methyl sites for hydroxylation is 2. The highest BCUT2D eigenvalue weighted by Gasteiger charge is 2.28. The molecule has 1 aliphatic rings. The molecule has 0 spiro atoms. The van der Waals surface area contributed by atoms with E-state index in [0.717, 1.165) is 30.0 Å². The lowest BCUT2D eigenvalue weighted by Gasteiger charge is -2.36. The molecule has 0 radical (unpaired) electrons. The third kappa shape index (κ3) is 3.28. The topological polar surface area (TPSA) is 78.5 Å². The van der Waals surface area contributed by atoms with E-state index in [-0.39, 0.29) is 6.04 Å². The van der Waals surface area contributed by atoms with Crippen molar-refractivity contribution in [3.8, 4) is 0 Å². The number of aromatic amines is 1. The highest BCUT2D eigenvalue weighted by Crippen LogP contribution is 2.29. The minimum atomic E-state index is -0.898. The summed E-state index contributed by atoms with van der Waals surface area (Å²) < 4.78 is 5.67. The van der Waals surface area contributed by atoms with Gasteiger partial charge in [-0.2, -0.15) is 5.10 Å². The summed E-state index contributed by atoms with van der Waals surface area (Å²) in [6, 6.07) is 7.24. The molecule has 23 heavy (non-hydrogen) atoms. The number of morpholine rings is 1. The van der Waals surface area contributed by atoms with Gasteiger partial charge in [0, 0.05) is 24.3 Å². The molecule has 6 heteroatoms. The third-order valence-electron chi connectivity index (χ3n) is 4.34.